The predicted octanol–water partition coefficient (Wildman–Crippen LogP) is 5.36. The van der Waals surface area contributed by atoms with Crippen LogP contribution in [0.1, 0.15) is 61.6 Å². The Labute approximate surface area is 266 Å². The molecule has 9 nitrogen and oxygen atoms in total. The van der Waals surface area contributed by atoms with Gasteiger partial charge in [-0.15, -0.1) is 0 Å². The van der Waals surface area contributed by atoms with Gasteiger partial charge in [0.2, 0.25) is 28.6 Å². The smallest absolute Gasteiger partial charge is 0.243 e. The lowest BCUT2D eigenvalue weighted by molar-refractivity contribution is -0.141. The minimum Gasteiger partial charge on any atom is -0.454 e. The predicted molar refractivity (Wildman–Crippen MR) is 175 cm³/mol. The molecule has 1 fully saturated rings. The number of benzene rings is 3. The lowest BCUT2D eigenvalue weighted by Crippen LogP contribution is -2.53. The van der Waals surface area contributed by atoms with Crippen molar-refractivity contribution in [2.75, 3.05) is 23.9 Å². The van der Waals surface area contributed by atoms with Gasteiger partial charge in [-0.1, -0.05) is 79.4 Å². The van der Waals surface area contributed by atoms with Gasteiger partial charge in [0.05, 0.1) is 11.9 Å². The summed E-state index contributed by atoms with van der Waals surface area (Å²) in [7, 11) is -3.65. The van der Waals surface area contributed by atoms with Gasteiger partial charge in [-0.05, 0) is 49.4 Å². The minimum absolute atomic E-state index is 0.0738. The van der Waals surface area contributed by atoms with E-state index in [1.807, 2.05) is 61.5 Å². The number of aryl methyl sites for hydroxylation is 1. The molecular formula is C35H43N3O6S. The number of amides is 2. The lowest BCUT2D eigenvalue weighted by atomic mass is 9.94. The molecule has 5 rings (SSSR count). The van der Waals surface area contributed by atoms with Crippen molar-refractivity contribution in [3.05, 3.63) is 89.5 Å². The van der Waals surface area contributed by atoms with E-state index in [1.165, 1.54) is 10.7 Å². The molecule has 240 valence electrons. The molecule has 10 heteroatoms. The van der Waals surface area contributed by atoms with E-state index < -0.39 is 16.1 Å². The first-order valence-electron chi connectivity index (χ1n) is 15.7. The van der Waals surface area contributed by atoms with Crippen LogP contribution in [0.15, 0.2) is 72.8 Å². The molecule has 3 aromatic carbocycles. The number of ether oxygens (including phenoxy) is 2. The van der Waals surface area contributed by atoms with E-state index in [1.54, 1.807) is 23.1 Å². The van der Waals surface area contributed by atoms with Crippen molar-refractivity contribution in [2.45, 2.75) is 76.9 Å². The maximum absolute atomic E-state index is 14.1. The number of nitrogens with zero attached hydrogens (tertiary/aromatic N) is 2. The third-order valence-corrected chi connectivity index (χ3v) is 9.65. The molecule has 3 aromatic rings. The molecule has 2 aliphatic rings. The molecule has 1 aliphatic heterocycles. The van der Waals surface area contributed by atoms with Gasteiger partial charge in [0, 0.05) is 38.0 Å². The molecule has 2 amide bonds. The summed E-state index contributed by atoms with van der Waals surface area (Å²) in [4.78, 5) is 29.8. The average Bonchev–Trinajstić information content (AvgIpc) is 3.49. The van der Waals surface area contributed by atoms with Gasteiger partial charge in [-0.2, -0.15) is 0 Å². The highest BCUT2D eigenvalue weighted by Crippen LogP contribution is 2.36. The second-order valence-electron chi connectivity index (χ2n) is 12.0. The number of nitrogens with one attached hydrogen (secondary N) is 1. The summed E-state index contributed by atoms with van der Waals surface area (Å²) in [6.07, 6.45) is 7.10. The number of sulfonamides is 1. The molecule has 1 N–H and O–H groups in total. The molecule has 0 aromatic heterocycles. The summed E-state index contributed by atoms with van der Waals surface area (Å²) in [5, 5.41) is 3.27. The molecule has 1 saturated carbocycles. The Bertz CT molecular complexity index is 1570. The fourth-order valence-electron chi connectivity index (χ4n) is 6.15. The van der Waals surface area contributed by atoms with Gasteiger partial charge in [0.15, 0.2) is 11.5 Å². The standard InChI is InChI=1S/C35H43N3O6S/c1-26-11-9-14-28(21-26)24-37(31(22-27-12-5-3-6-13-27)35(40)36-29-15-7-4-8-16-29)34(39)17-10-20-38(45(2,41)42)30-18-19-32-33(23-30)44-25-43-32/h3,5-6,9,11-14,18-19,21,23,29,31H,4,7-8,10,15-17,20,22,24-25H2,1-2H3,(H,36,40). The summed E-state index contributed by atoms with van der Waals surface area (Å²) in [5.74, 6) is 0.694. The van der Waals surface area contributed by atoms with E-state index in [4.69, 9.17) is 9.47 Å². The molecule has 0 bridgehead atoms. The fraction of sp³-hybridized carbons (Fsp3) is 0.429. The van der Waals surface area contributed by atoms with Crippen molar-refractivity contribution in [3.63, 3.8) is 0 Å². The zero-order valence-corrected chi connectivity index (χ0v) is 26.9. The van der Waals surface area contributed by atoms with Crippen LogP contribution in [-0.2, 0) is 32.6 Å². The number of carbonyl (C=O) groups excluding carboxylic acids is 2. The Balaban J connectivity index is 1.38. The number of carbonyl (C=O) groups is 2. The van der Waals surface area contributed by atoms with Crippen molar-refractivity contribution in [3.8, 4) is 11.5 Å². The largest absolute Gasteiger partial charge is 0.454 e. The topological polar surface area (TPSA) is 105 Å². The Morgan fingerprint density at radius 3 is 2.38 bits per heavy atom. The third kappa shape index (κ3) is 8.78. The molecule has 1 unspecified atom stereocenters. The van der Waals surface area contributed by atoms with Gasteiger partial charge in [-0.25, -0.2) is 8.42 Å². The highest BCUT2D eigenvalue weighted by Gasteiger charge is 2.32. The average molecular weight is 634 g/mol. The van der Waals surface area contributed by atoms with Crippen molar-refractivity contribution in [2.24, 2.45) is 0 Å². The van der Waals surface area contributed by atoms with Gasteiger partial charge in [0.1, 0.15) is 6.04 Å². The Morgan fingerprint density at radius 2 is 1.64 bits per heavy atom. The summed E-state index contributed by atoms with van der Waals surface area (Å²) in [5.41, 5.74) is 3.41. The van der Waals surface area contributed by atoms with Crippen LogP contribution in [0.25, 0.3) is 0 Å². The van der Waals surface area contributed by atoms with E-state index >= 15 is 0 Å². The van der Waals surface area contributed by atoms with Crippen LogP contribution in [0.3, 0.4) is 0 Å². The number of rotatable bonds is 13. The zero-order valence-electron chi connectivity index (χ0n) is 26.1. The first-order chi connectivity index (χ1) is 21.7. The molecular weight excluding hydrogens is 590 g/mol. The van der Waals surface area contributed by atoms with E-state index in [2.05, 4.69) is 5.32 Å². The SMILES string of the molecule is Cc1cccc(CN(C(=O)CCCN(c2ccc3c(c2)OCO3)S(C)(=O)=O)C(Cc2ccccc2)C(=O)NC2CCCCC2)c1. The minimum atomic E-state index is -3.65. The number of fused-ring (bicyclic) bond motifs is 1. The van der Waals surface area contributed by atoms with E-state index in [0.29, 0.717) is 23.6 Å². The van der Waals surface area contributed by atoms with Crippen LogP contribution >= 0.6 is 0 Å². The first kappa shape index (κ1) is 32.3. The summed E-state index contributed by atoms with van der Waals surface area (Å²) < 4.78 is 37.7. The zero-order chi connectivity index (χ0) is 31.8. The Kier molecular flexibility index (Phi) is 10.7. The van der Waals surface area contributed by atoms with Crippen molar-refractivity contribution in [1.29, 1.82) is 0 Å². The summed E-state index contributed by atoms with van der Waals surface area (Å²) in [6, 6.07) is 22.1. The van der Waals surface area contributed by atoms with Gasteiger partial charge >= 0.3 is 0 Å². The van der Waals surface area contributed by atoms with E-state index in [0.717, 1.165) is 48.6 Å². The monoisotopic (exact) mass is 633 g/mol. The maximum atomic E-state index is 14.1. The fourth-order valence-corrected chi connectivity index (χ4v) is 7.11. The van der Waals surface area contributed by atoms with Crippen LogP contribution in [-0.4, -0.2) is 56.8 Å². The van der Waals surface area contributed by atoms with Crippen LogP contribution < -0.4 is 19.1 Å². The highest BCUT2D eigenvalue weighted by molar-refractivity contribution is 7.92. The van der Waals surface area contributed by atoms with Gasteiger partial charge in [-0.3, -0.25) is 13.9 Å². The maximum Gasteiger partial charge on any atom is 0.243 e. The quantitative estimate of drug-likeness (QED) is 0.272. The Morgan fingerprint density at radius 1 is 0.911 bits per heavy atom. The highest BCUT2D eigenvalue weighted by atomic mass is 32.2. The molecule has 1 aliphatic carbocycles. The normalized spacial score (nSPS) is 15.3. The second-order valence-corrected chi connectivity index (χ2v) is 13.9. The number of hydrogen-bond donors (Lipinski definition) is 1. The van der Waals surface area contributed by atoms with Crippen molar-refractivity contribution >= 4 is 27.5 Å². The second kappa shape index (κ2) is 14.8. The van der Waals surface area contributed by atoms with Crippen molar-refractivity contribution in [1.82, 2.24) is 10.2 Å². The molecule has 0 spiro atoms. The van der Waals surface area contributed by atoms with E-state index in [-0.39, 0.29) is 50.6 Å². The van der Waals surface area contributed by atoms with Crippen LogP contribution in [0.5, 0.6) is 11.5 Å². The molecule has 1 heterocycles. The van der Waals surface area contributed by atoms with Crippen LogP contribution in [0, 0.1) is 6.92 Å². The number of hydrogen-bond acceptors (Lipinski definition) is 6. The van der Waals surface area contributed by atoms with Crippen LogP contribution in [0.4, 0.5) is 5.69 Å². The number of anilines is 1. The van der Waals surface area contributed by atoms with Crippen LogP contribution in [0.2, 0.25) is 0 Å². The third-order valence-electron chi connectivity index (χ3n) is 8.45. The Hall–Kier alpha value is -4.05. The molecule has 0 saturated heterocycles. The van der Waals surface area contributed by atoms with Gasteiger partial charge in [0.25, 0.3) is 0 Å². The van der Waals surface area contributed by atoms with Crippen molar-refractivity contribution < 1.29 is 27.5 Å². The molecule has 45 heavy (non-hydrogen) atoms. The summed E-state index contributed by atoms with van der Waals surface area (Å²) >= 11 is 0. The van der Waals surface area contributed by atoms with E-state index in [9.17, 15) is 18.0 Å². The molecule has 1 atom stereocenters. The molecule has 0 radical (unpaired) electrons. The first-order valence-corrected chi connectivity index (χ1v) is 17.6. The summed E-state index contributed by atoms with van der Waals surface area (Å²) in [6.45, 7) is 2.46. The van der Waals surface area contributed by atoms with Gasteiger partial charge < -0.3 is 19.7 Å². The lowest BCUT2D eigenvalue weighted by Gasteiger charge is -2.34.